The number of pyridine rings is 1. The van der Waals surface area contributed by atoms with Gasteiger partial charge in [-0.3, -0.25) is 4.79 Å². The van der Waals surface area contributed by atoms with Gasteiger partial charge in [0.05, 0.1) is 23.8 Å². The van der Waals surface area contributed by atoms with Crippen molar-refractivity contribution in [1.29, 1.82) is 0 Å². The van der Waals surface area contributed by atoms with Gasteiger partial charge >= 0.3 is 18.3 Å². The van der Waals surface area contributed by atoms with Gasteiger partial charge in [-0.15, -0.1) is 0 Å². The third-order valence-electron chi connectivity index (χ3n) is 8.79. The number of halogens is 7. The number of carbonyl (C=O) groups is 2. The number of fused-ring (bicyclic) bond motifs is 1. The minimum Gasteiger partial charge on any atom is -0.481 e. The van der Waals surface area contributed by atoms with Crippen LogP contribution in [0.1, 0.15) is 63.4 Å². The van der Waals surface area contributed by atoms with E-state index in [1.165, 1.54) is 19.2 Å². The number of carbonyl (C=O) groups excluding carboxylic acids is 1. The maximum atomic E-state index is 13.5. The Morgan fingerprint density at radius 3 is 2.10 bits per heavy atom. The molecule has 258 valence electrons. The van der Waals surface area contributed by atoms with Gasteiger partial charge in [-0.25, -0.2) is 14.2 Å². The fourth-order valence-electron chi connectivity index (χ4n) is 6.63. The Balaban J connectivity index is 0.000000204. The smallest absolute Gasteiger partial charge is 0.416 e. The SMILES string of the molecule is COc1ncc(-c2c(C)cc(C(=O)O)cc2C)cc1-c1ccc(C(F)(F)F)cc1.O=C1CC(c2cc(F)cc(C(F)(F)F)c2)C2CCCN12. The third-order valence-corrected chi connectivity index (χ3v) is 8.79. The average Bonchev–Trinajstić information content (AvgIpc) is 3.64. The van der Waals surface area contributed by atoms with Gasteiger partial charge in [-0.2, -0.15) is 26.3 Å². The molecule has 0 saturated carbocycles. The standard InChI is InChI=1S/C22H18F3NO3.C14H13F4NO/c1-12-8-15(21(27)28)9-13(2)19(12)16-10-18(20(29-3)26-11-16)14-4-6-17(7-5-14)22(23,24)25;15-10-5-8(4-9(6-10)14(16,17)18)11-7-13(20)19-3-1-2-12(11)19/h4-11H,1-3H3,(H,27,28);4-6,11-12H,1-3,7H2. The van der Waals surface area contributed by atoms with Crippen LogP contribution in [0.4, 0.5) is 30.7 Å². The number of carboxylic acid groups (broad SMARTS) is 1. The molecule has 49 heavy (non-hydrogen) atoms. The first-order valence-electron chi connectivity index (χ1n) is 15.2. The van der Waals surface area contributed by atoms with E-state index < -0.39 is 35.3 Å². The first kappa shape index (κ1) is 35.4. The van der Waals surface area contributed by atoms with Crippen molar-refractivity contribution in [3.63, 3.8) is 0 Å². The van der Waals surface area contributed by atoms with E-state index in [4.69, 9.17) is 4.74 Å². The minimum absolute atomic E-state index is 0.0460. The summed E-state index contributed by atoms with van der Waals surface area (Å²) in [7, 11) is 1.44. The Bertz CT molecular complexity index is 1870. The number of ether oxygens (including phenoxy) is 1. The van der Waals surface area contributed by atoms with Crippen LogP contribution in [-0.4, -0.2) is 46.6 Å². The molecule has 2 unspecified atom stereocenters. The van der Waals surface area contributed by atoms with Crippen molar-refractivity contribution < 1.29 is 50.2 Å². The van der Waals surface area contributed by atoms with Crippen LogP contribution < -0.4 is 4.74 Å². The van der Waals surface area contributed by atoms with Gasteiger partial charge in [-0.1, -0.05) is 12.1 Å². The summed E-state index contributed by atoms with van der Waals surface area (Å²) in [4.78, 5) is 29.1. The summed E-state index contributed by atoms with van der Waals surface area (Å²) in [6.07, 6.45) is -5.59. The Kier molecular flexibility index (Phi) is 9.76. The molecule has 4 aromatic rings. The maximum absolute atomic E-state index is 13.5. The number of rotatable bonds is 5. The van der Waals surface area contributed by atoms with Crippen molar-refractivity contribution >= 4 is 11.9 Å². The quantitative estimate of drug-likeness (QED) is 0.212. The molecule has 2 saturated heterocycles. The van der Waals surface area contributed by atoms with Gasteiger partial charge < -0.3 is 14.7 Å². The highest BCUT2D eigenvalue weighted by molar-refractivity contribution is 5.90. The van der Waals surface area contributed by atoms with Crippen LogP contribution in [0.3, 0.4) is 0 Å². The fourth-order valence-corrected chi connectivity index (χ4v) is 6.63. The molecule has 6 rings (SSSR count). The Morgan fingerprint density at radius 1 is 0.898 bits per heavy atom. The van der Waals surface area contributed by atoms with Gasteiger partial charge in [0.15, 0.2) is 0 Å². The summed E-state index contributed by atoms with van der Waals surface area (Å²) in [5, 5.41) is 9.23. The summed E-state index contributed by atoms with van der Waals surface area (Å²) in [6, 6.07) is 12.2. The molecule has 2 atom stereocenters. The Morgan fingerprint density at radius 2 is 1.53 bits per heavy atom. The van der Waals surface area contributed by atoms with Crippen LogP contribution >= 0.6 is 0 Å². The number of amides is 1. The van der Waals surface area contributed by atoms with Gasteiger partial charge in [0.2, 0.25) is 11.8 Å². The number of aromatic carboxylic acids is 1. The first-order chi connectivity index (χ1) is 23.0. The molecule has 2 aliphatic rings. The second-order valence-electron chi connectivity index (χ2n) is 12.0. The monoisotopic (exact) mass is 688 g/mol. The number of hydrogen-bond acceptors (Lipinski definition) is 4. The van der Waals surface area contributed by atoms with E-state index in [-0.39, 0.29) is 41.3 Å². The van der Waals surface area contributed by atoms with E-state index in [2.05, 4.69) is 4.98 Å². The highest BCUT2D eigenvalue weighted by Crippen LogP contribution is 2.42. The second-order valence-corrected chi connectivity index (χ2v) is 12.0. The van der Waals surface area contributed by atoms with E-state index in [9.17, 15) is 45.4 Å². The zero-order valence-corrected chi connectivity index (χ0v) is 26.5. The van der Waals surface area contributed by atoms with E-state index in [1.54, 1.807) is 43.1 Å². The lowest BCUT2D eigenvalue weighted by molar-refractivity contribution is -0.138. The number of alkyl halides is 6. The zero-order chi connectivity index (χ0) is 35.8. The lowest BCUT2D eigenvalue weighted by Crippen LogP contribution is -2.28. The van der Waals surface area contributed by atoms with E-state index in [0.717, 1.165) is 53.8 Å². The molecule has 0 bridgehead atoms. The summed E-state index contributed by atoms with van der Waals surface area (Å²) in [5.41, 5.74) is 2.86. The van der Waals surface area contributed by atoms with Crippen molar-refractivity contribution in [2.24, 2.45) is 0 Å². The highest BCUT2D eigenvalue weighted by atomic mass is 19.4. The number of benzene rings is 3. The molecule has 2 fully saturated rings. The number of nitrogens with zero attached hydrogens (tertiary/aromatic N) is 2. The molecule has 0 spiro atoms. The molecule has 13 heteroatoms. The molecule has 3 heterocycles. The lowest BCUT2D eigenvalue weighted by atomic mass is 9.89. The molecular weight excluding hydrogens is 657 g/mol. The normalized spacial score (nSPS) is 17.4. The molecule has 0 radical (unpaired) electrons. The highest BCUT2D eigenvalue weighted by Gasteiger charge is 2.44. The maximum Gasteiger partial charge on any atom is 0.416 e. The van der Waals surface area contributed by atoms with Crippen LogP contribution in [0.15, 0.2) is 66.9 Å². The molecule has 6 nitrogen and oxygen atoms in total. The number of carboxylic acids is 1. The molecule has 3 aromatic carbocycles. The van der Waals surface area contributed by atoms with Gasteiger partial charge in [-0.05, 0) is 103 Å². The second kappa shape index (κ2) is 13.5. The van der Waals surface area contributed by atoms with Crippen molar-refractivity contribution in [3.05, 3.63) is 106 Å². The molecular formula is C36H31F7N2O4. The fraction of sp³-hybridized carbons (Fsp3) is 0.306. The molecule has 2 aliphatic heterocycles. The summed E-state index contributed by atoms with van der Waals surface area (Å²) >= 11 is 0. The average molecular weight is 689 g/mol. The van der Waals surface area contributed by atoms with Crippen molar-refractivity contribution in [2.45, 2.75) is 57.4 Å². The number of aryl methyl sites for hydroxylation is 2. The predicted molar refractivity (Wildman–Crippen MR) is 167 cm³/mol. The van der Waals surface area contributed by atoms with E-state index in [1.807, 2.05) is 0 Å². The summed E-state index contributed by atoms with van der Waals surface area (Å²) in [5.74, 6) is -2.01. The minimum atomic E-state index is -4.57. The van der Waals surface area contributed by atoms with Crippen molar-refractivity contribution in [3.8, 4) is 28.1 Å². The molecule has 1 aromatic heterocycles. The van der Waals surface area contributed by atoms with Gasteiger partial charge in [0.1, 0.15) is 5.82 Å². The van der Waals surface area contributed by atoms with Crippen molar-refractivity contribution in [1.82, 2.24) is 9.88 Å². The lowest BCUT2D eigenvalue weighted by Gasteiger charge is -2.21. The summed E-state index contributed by atoms with van der Waals surface area (Å²) < 4.78 is 95.5. The first-order valence-corrected chi connectivity index (χ1v) is 15.2. The van der Waals surface area contributed by atoms with Crippen LogP contribution in [0.25, 0.3) is 22.3 Å². The largest absolute Gasteiger partial charge is 0.481 e. The number of hydrogen-bond donors (Lipinski definition) is 1. The van der Waals surface area contributed by atoms with E-state index in [0.29, 0.717) is 29.3 Å². The van der Waals surface area contributed by atoms with Crippen LogP contribution in [0, 0.1) is 19.7 Å². The van der Waals surface area contributed by atoms with Crippen molar-refractivity contribution in [2.75, 3.05) is 13.7 Å². The Labute approximate surface area is 277 Å². The van der Waals surface area contributed by atoms with Crippen LogP contribution in [0.5, 0.6) is 5.88 Å². The molecule has 1 N–H and O–H groups in total. The van der Waals surface area contributed by atoms with Gasteiger partial charge in [0.25, 0.3) is 0 Å². The van der Waals surface area contributed by atoms with Gasteiger partial charge in [0, 0.05) is 42.2 Å². The third kappa shape index (κ3) is 7.55. The molecule has 0 aliphatic carbocycles. The van der Waals surface area contributed by atoms with Crippen LogP contribution in [-0.2, 0) is 17.1 Å². The van der Waals surface area contributed by atoms with Crippen LogP contribution in [0.2, 0.25) is 0 Å². The van der Waals surface area contributed by atoms with E-state index >= 15 is 0 Å². The zero-order valence-electron chi connectivity index (χ0n) is 26.5. The summed E-state index contributed by atoms with van der Waals surface area (Å²) in [6.45, 7) is 4.26. The number of methoxy groups -OCH3 is 1. The molecule has 1 amide bonds. The topological polar surface area (TPSA) is 79.7 Å². The predicted octanol–water partition coefficient (Wildman–Crippen LogP) is 9.08. The Hall–Kier alpha value is -4.94. The number of aromatic nitrogens is 1.